The number of halogens is 1. The van der Waals surface area contributed by atoms with Gasteiger partial charge in [-0.15, -0.1) is 0 Å². The zero-order valence-electron chi connectivity index (χ0n) is 10.4. The lowest BCUT2D eigenvalue weighted by Gasteiger charge is -2.06. The van der Waals surface area contributed by atoms with E-state index in [4.69, 9.17) is 11.6 Å². The van der Waals surface area contributed by atoms with Crippen LogP contribution in [0.3, 0.4) is 0 Å². The van der Waals surface area contributed by atoms with Gasteiger partial charge < -0.3 is 5.32 Å². The molecule has 0 unspecified atom stereocenters. The third-order valence-electron chi connectivity index (χ3n) is 2.78. The van der Waals surface area contributed by atoms with Crippen LogP contribution in [0.25, 0.3) is 0 Å². The molecule has 90 valence electrons. The van der Waals surface area contributed by atoms with Crippen molar-refractivity contribution in [3.05, 3.63) is 34.3 Å². The molecule has 2 heteroatoms. The van der Waals surface area contributed by atoms with Crippen molar-refractivity contribution in [3.8, 4) is 0 Å². The first kappa shape index (κ1) is 13.5. The van der Waals surface area contributed by atoms with Gasteiger partial charge in [-0.05, 0) is 69.0 Å². The summed E-state index contributed by atoms with van der Waals surface area (Å²) in [5, 5.41) is 4.26. The van der Waals surface area contributed by atoms with Gasteiger partial charge in [-0.25, -0.2) is 0 Å². The van der Waals surface area contributed by atoms with E-state index < -0.39 is 0 Å². The molecular formula is C14H22ClN. The van der Waals surface area contributed by atoms with Crippen LogP contribution in [-0.2, 0) is 6.42 Å². The zero-order valence-corrected chi connectivity index (χ0v) is 11.1. The first-order valence-electron chi connectivity index (χ1n) is 6.19. The van der Waals surface area contributed by atoms with Crippen LogP contribution >= 0.6 is 11.6 Å². The van der Waals surface area contributed by atoms with E-state index >= 15 is 0 Å². The zero-order chi connectivity index (χ0) is 11.8. The lowest BCUT2D eigenvalue weighted by molar-refractivity contribution is 0.616. The van der Waals surface area contributed by atoms with Gasteiger partial charge in [0.2, 0.25) is 0 Å². The number of rotatable bonds is 7. The fraction of sp³-hybridized carbons (Fsp3) is 0.571. The largest absolute Gasteiger partial charge is 0.317 e. The van der Waals surface area contributed by atoms with Crippen molar-refractivity contribution in [2.75, 3.05) is 13.1 Å². The average Bonchev–Trinajstić information content (AvgIpc) is 2.26. The van der Waals surface area contributed by atoms with Crippen LogP contribution < -0.4 is 5.32 Å². The predicted molar refractivity (Wildman–Crippen MR) is 72.3 cm³/mol. The van der Waals surface area contributed by atoms with E-state index in [0.717, 1.165) is 24.5 Å². The van der Waals surface area contributed by atoms with Crippen molar-refractivity contribution >= 4 is 11.6 Å². The minimum Gasteiger partial charge on any atom is -0.317 e. The van der Waals surface area contributed by atoms with E-state index in [0.29, 0.717) is 0 Å². The maximum absolute atomic E-state index is 5.93. The second-order valence-corrected chi connectivity index (χ2v) is 4.71. The third kappa shape index (κ3) is 5.00. The molecule has 1 aromatic rings. The lowest BCUT2D eigenvalue weighted by Crippen LogP contribution is -2.15. The van der Waals surface area contributed by atoms with E-state index in [1.165, 1.54) is 30.4 Å². The highest BCUT2D eigenvalue weighted by Gasteiger charge is 1.99. The van der Waals surface area contributed by atoms with E-state index in [9.17, 15) is 0 Å². The first-order chi connectivity index (χ1) is 7.74. The van der Waals surface area contributed by atoms with Crippen LogP contribution in [0.1, 0.15) is 37.3 Å². The van der Waals surface area contributed by atoms with Crippen molar-refractivity contribution in [1.29, 1.82) is 0 Å². The van der Waals surface area contributed by atoms with Crippen molar-refractivity contribution in [1.82, 2.24) is 5.32 Å². The molecule has 0 aliphatic heterocycles. The Balaban J connectivity index is 2.21. The number of benzene rings is 1. The molecule has 0 spiro atoms. The van der Waals surface area contributed by atoms with Crippen LogP contribution in [0.2, 0.25) is 5.02 Å². The van der Waals surface area contributed by atoms with E-state index in [-0.39, 0.29) is 0 Å². The molecule has 0 radical (unpaired) electrons. The summed E-state index contributed by atoms with van der Waals surface area (Å²) < 4.78 is 0. The Labute approximate surface area is 104 Å². The smallest absolute Gasteiger partial charge is 0.0408 e. The van der Waals surface area contributed by atoms with Crippen molar-refractivity contribution in [3.63, 3.8) is 0 Å². The molecule has 0 fully saturated rings. The minimum absolute atomic E-state index is 0.839. The second kappa shape index (κ2) is 7.70. The molecule has 0 atom stereocenters. The normalized spacial score (nSPS) is 10.7. The van der Waals surface area contributed by atoms with Gasteiger partial charge in [0.05, 0.1) is 0 Å². The molecule has 0 saturated heterocycles. The Morgan fingerprint density at radius 1 is 1.19 bits per heavy atom. The van der Waals surface area contributed by atoms with Gasteiger partial charge in [0.25, 0.3) is 0 Å². The molecule has 1 aromatic carbocycles. The molecule has 1 N–H and O–H groups in total. The van der Waals surface area contributed by atoms with Crippen LogP contribution in [0.4, 0.5) is 0 Å². The number of aryl methyl sites for hydroxylation is 2. The Morgan fingerprint density at radius 3 is 2.69 bits per heavy atom. The topological polar surface area (TPSA) is 12.0 Å². The molecule has 1 nitrogen and oxygen atoms in total. The highest BCUT2D eigenvalue weighted by Crippen LogP contribution is 2.16. The van der Waals surface area contributed by atoms with Crippen LogP contribution in [-0.4, -0.2) is 13.1 Å². The Kier molecular flexibility index (Phi) is 6.51. The molecule has 0 amide bonds. The fourth-order valence-corrected chi connectivity index (χ4v) is 2.03. The average molecular weight is 240 g/mol. The van der Waals surface area contributed by atoms with E-state index in [1.807, 2.05) is 12.1 Å². The maximum atomic E-state index is 5.93. The summed E-state index contributed by atoms with van der Waals surface area (Å²) in [4.78, 5) is 0. The highest BCUT2D eigenvalue weighted by atomic mass is 35.5. The molecule has 0 aliphatic carbocycles. The van der Waals surface area contributed by atoms with Crippen molar-refractivity contribution in [2.45, 2.75) is 39.5 Å². The number of nitrogens with one attached hydrogen (secondary N) is 1. The van der Waals surface area contributed by atoms with Gasteiger partial charge in [-0.1, -0.05) is 24.6 Å². The highest BCUT2D eigenvalue weighted by molar-refractivity contribution is 6.30. The lowest BCUT2D eigenvalue weighted by atomic mass is 10.0. The monoisotopic (exact) mass is 239 g/mol. The van der Waals surface area contributed by atoms with Crippen LogP contribution in [0.5, 0.6) is 0 Å². The molecule has 0 saturated carbocycles. The number of hydrogen-bond acceptors (Lipinski definition) is 1. The molecule has 0 heterocycles. The van der Waals surface area contributed by atoms with Gasteiger partial charge in [0.15, 0.2) is 0 Å². The third-order valence-corrected chi connectivity index (χ3v) is 3.02. The Hall–Kier alpha value is -0.530. The van der Waals surface area contributed by atoms with Crippen molar-refractivity contribution in [2.24, 2.45) is 0 Å². The fourth-order valence-electron chi connectivity index (χ4n) is 1.81. The summed E-state index contributed by atoms with van der Waals surface area (Å²) in [6, 6.07) is 6.18. The molecule has 0 aromatic heterocycles. The van der Waals surface area contributed by atoms with Gasteiger partial charge in [-0.2, -0.15) is 0 Å². The minimum atomic E-state index is 0.839. The molecule has 0 bridgehead atoms. The molecule has 1 rings (SSSR count). The van der Waals surface area contributed by atoms with Gasteiger partial charge in [0, 0.05) is 5.02 Å². The summed E-state index contributed by atoms with van der Waals surface area (Å²) in [6.07, 6.45) is 4.88. The van der Waals surface area contributed by atoms with Gasteiger partial charge >= 0.3 is 0 Å². The predicted octanol–water partition coefficient (Wildman–Crippen LogP) is 3.97. The second-order valence-electron chi connectivity index (χ2n) is 4.28. The first-order valence-corrected chi connectivity index (χ1v) is 6.57. The van der Waals surface area contributed by atoms with Gasteiger partial charge in [0.1, 0.15) is 0 Å². The number of hydrogen-bond donors (Lipinski definition) is 1. The molecular weight excluding hydrogens is 218 g/mol. The van der Waals surface area contributed by atoms with Crippen LogP contribution in [0, 0.1) is 6.92 Å². The summed E-state index contributed by atoms with van der Waals surface area (Å²) in [5.41, 5.74) is 2.74. The Bertz CT molecular complexity index is 310. The summed E-state index contributed by atoms with van der Waals surface area (Å²) in [5.74, 6) is 0. The maximum Gasteiger partial charge on any atom is 0.0408 e. The summed E-state index contributed by atoms with van der Waals surface area (Å²) >= 11 is 5.93. The SMILES string of the molecule is CCCNCCCCc1ccc(Cl)cc1C. The summed E-state index contributed by atoms with van der Waals surface area (Å²) in [6.45, 7) is 6.61. The van der Waals surface area contributed by atoms with E-state index in [1.54, 1.807) is 0 Å². The van der Waals surface area contributed by atoms with Gasteiger partial charge in [-0.3, -0.25) is 0 Å². The quantitative estimate of drug-likeness (QED) is 0.710. The van der Waals surface area contributed by atoms with E-state index in [2.05, 4.69) is 25.2 Å². The standard InChI is InChI=1S/C14H22ClN/c1-3-9-16-10-5-4-6-13-7-8-14(15)11-12(13)2/h7-8,11,16H,3-6,9-10H2,1-2H3. The van der Waals surface area contributed by atoms with Crippen LogP contribution in [0.15, 0.2) is 18.2 Å². The number of unbranched alkanes of at least 4 members (excludes halogenated alkanes) is 1. The Morgan fingerprint density at radius 2 is 2.00 bits per heavy atom. The molecule has 0 aliphatic rings. The van der Waals surface area contributed by atoms with Crippen molar-refractivity contribution < 1.29 is 0 Å². The summed E-state index contributed by atoms with van der Waals surface area (Å²) in [7, 11) is 0. The molecule has 16 heavy (non-hydrogen) atoms.